The smallest absolute Gasteiger partial charge is 0.321 e. The normalized spacial score (nSPS) is 18.8. The lowest BCUT2D eigenvalue weighted by Gasteiger charge is -2.34. The third-order valence-electron chi connectivity index (χ3n) is 7.55. The number of carbonyl (C=O) groups excluding carboxylic acids is 2. The molecule has 3 heterocycles. The van der Waals surface area contributed by atoms with Crippen LogP contribution in [0.3, 0.4) is 0 Å². The number of benzene rings is 2. The number of rotatable bonds is 8. The third-order valence-corrected chi connectivity index (χ3v) is 8.82. The highest BCUT2D eigenvalue weighted by molar-refractivity contribution is 7.92. The predicted octanol–water partition coefficient (Wildman–Crippen LogP) is 2.26. The molecule has 44 heavy (non-hydrogen) atoms. The molecule has 2 aliphatic heterocycles. The van der Waals surface area contributed by atoms with Gasteiger partial charge < -0.3 is 39.0 Å². The highest BCUT2D eigenvalue weighted by Gasteiger charge is 2.32. The van der Waals surface area contributed by atoms with Crippen LogP contribution in [0.2, 0.25) is 0 Å². The molecule has 2 aliphatic rings. The van der Waals surface area contributed by atoms with Gasteiger partial charge in [-0.25, -0.2) is 9.78 Å². The molecule has 1 aromatic heterocycles. The second kappa shape index (κ2) is 12.6. The predicted molar refractivity (Wildman–Crippen MR) is 160 cm³/mol. The quantitative estimate of drug-likeness (QED) is 0.339. The Morgan fingerprint density at radius 3 is 2.61 bits per heavy atom. The Balaban J connectivity index is 1.38. The Kier molecular flexibility index (Phi) is 8.87. The van der Waals surface area contributed by atoms with Crippen molar-refractivity contribution in [3.8, 4) is 17.2 Å². The SMILES string of the molecule is C[C@@H]1CN([C@@H](C)CO)C(=O)Cc2cc(NS(=O)(=O)c3cn(C)cn3)ccc2O[C@@H]1CN(C)C(=O)Nc1ccc2c(c1)OCO2. The first kappa shape index (κ1) is 30.9. The number of urea groups is 1. The lowest BCUT2D eigenvalue weighted by Crippen LogP contribution is -2.48. The summed E-state index contributed by atoms with van der Waals surface area (Å²) in [5.74, 6) is 1.04. The van der Waals surface area contributed by atoms with Crippen molar-refractivity contribution < 1.29 is 37.3 Å². The van der Waals surface area contributed by atoms with Crippen molar-refractivity contribution in [3.05, 3.63) is 54.5 Å². The van der Waals surface area contributed by atoms with Gasteiger partial charge in [-0.3, -0.25) is 9.52 Å². The third kappa shape index (κ3) is 6.83. The molecule has 3 amide bonds. The second-order valence-corrected chi connectivity index (χ2v) is 12.7. The molecule has 5 rings (SSSR count). The first-order chi connectivity index (χ1) is 20.9. The zero-order chi connectivity index (χ0) is 31.6. The molecular weight excluding hydrogens is 592 g/mol. The molecule has 0 saturated heterocycles. The molecule has 0 saturated carbocycles. The van der Waals surface area contributed by atoms with Gasteiger partial charge in [0.15, 0.2) is 16.5 Å². The summed E-state index contributed by atoms with van der Waals surface area (Å²) < 4.78 is 47.0. The Morgan fingerprint density at radius 1 is 1.16 bits per heavy atom. The Morgan fingerprint density at radius 2 is 1.89 bits per heavy atom. The number of imidazole rings is 1. The number of likely N-dealkylation sites (N-methyl/N-ethyl adjacent to an activating group) is 1. The van der Waals surface area contributed by atoms with E-state index in [9.17, 15) is 23.1 Å². The van der Waals surface area contributed by atoms with Gasteiger partial charge in [0.05, 0.1) is 31.9 Å². The van der Waals surface area contributed by atoms with E-state index in [1.54, 1.807) is 62.3 Å². The van der Waals surface area contributed by atoms with Gasteiger partial charge in [-0.05, 0) is 37.3 Å². The van der Waals surface area contributed by atoms with Crippen molar-refractivity contribution in [2.45, 2.75) is 37.4 Å². The van der Waals surface area contributed by atoms with Crippen molar-refractivity contribution >= 4 is 33.3 Å². The first-order valence-corrected chi connectivity index (χ1v) is 15.5. The fourth-order valence-corrected chi connectivity index (χ4v) is 6.02. The fourth-order valence-electron chi connectivity index (χ4n) is 4.99. The molecule has 3 aromatic rings. The number of aliphatic hydroxyl groups is 1. The topological polar surface area (TPSA) is 165 Å². The minimum atomic E-state index is -3.98. The van der Waals surface area contributed by atoms with Crippen LogP contribution in [0.15, 0.2) is 53.9 Å². The van der Waals surface area contributed by atoms with E-state index in [0.717, 1.165) is 0 Å². The monoisotopic (exact) mass is 628 g/mol. The van der Waals surface area contributed by atoms with E-state index in [1.165, 1.54) is 22.0 Å². The van der Waals surface area contributed by atoms with Crippen molar-refractivity contribution in [2.75, 3.05) is 43.6 Å². The zero-order valence-electron chi connectivity index (χ0n) is 24.9. The lowest BCUT2D eigenvalue weighted by molar-refractivity contribution is -0.134. The minimum Gasteiger partial charge on any atom is -0.488 e. The van der Waals surface area contributed by atoms with Gasteiger partial charge in [-0.2, -0.15) is 8.42 Å². The molecule has 3 N–H and O–H groups in total. The average molecular weight is 629 g/mol. The summed E-state index contributed by atoms with van der Waals surface area (Å²) in [6.07, 6.45) is 2.12. The van der Waals surface area contributed by atoms with Crippen LogP contribution < -0.4 is 24.2 Å². The van der Waals surface area contributed by atoms with E-state index in [0.29, 0.717) is 28.5 Å². The largest absolute Gasteiger partial charge is 0.488 e. The number of anilines is 2. The van der Waals surface area contributed by atoms with Crippen LogP contribution in [-0.2, 0) is 28.3 Å². The maximum Gasteiger partial charge on any atom is 0.321 e. The van der Waals surface area contributed by atoms with Gasteiger partial charge in [0, 0.05) is 55.8 Å². The molecule has 0 radical (unpaired) electrons. The molecule has 236 valence electrons. The van der Waals surface area contributed by atoms with E-state index >= 15 is 0 Å². The molecule has 2 aromatic carbocycles. The number of aliphatic hydroxyl groups excluding tert-OH is 1. The van der Waals surface area contributed by atoms with Gasteiger partial charge in [0.25, 0.3) is 10.0 Å². The van der Waals surface area contributed by atoms with Crippen molar-refractivity contribution in [1.29, 1.82) is 0 Å². The fraction of sp³-hybridized carbons (Fsp3) is 0.414. The van der Waals surface area contributed by atoms with Crippen LogP contribution in [0.1, 0.15) is 19.4 Å². The van der Waals surface area contributed by atoms with Crippen LogP contribution in [0, 0.1) is 5.92 Å². The first-order valence-electron chi connectivity index (χ1n) is 14.1. The Labute approximate surface area is 255 Å². The number of nitrogens with one attached hydrogen (secondary N) is 2. The lowest BCUT2D eigenvalue weighted by atomic mass is 10.0. The molecule has 0 spiro atoms. The number of carbonyl (C=O) groups is 2. The molecular formula is C29H36N6O8S. The van der Waals surface area contributed by atoms with Crippen molar-refractivity contribution in [2.24, 2.45) is 13.0 Å². The zero-order valence-corrected chi connectivity index (χ0v) is 25.7. The second-order valence-electron chi connectivity index (χ2n) is 11.1. The van der Waals surface area contributed by atoms with Gasteiger partial charge in [0.1, 0.15) is 11.9 Å². The highest BCUT2D eigenvalue weighted by atomic mass is 32.2. The molecule has 0 fully saturated rings. The molecule has 14 nitrogen and oxygen atoms in total. The van der Waals surface area contributed by atoms with Crippen LogP contribution in [0.5, 0.6) is 17.2 Å². The number of hydrogen-bond donors (Lipinski definition) is 3. The summed E-state index contributed by atoms with van der Waals surface area (Å²) in [6, 6.07) is 8.98. The van der Waals surface area contributed by atoms with E-state index in [-0.39, 0.29) is 61.5 Å². The number of ether oxygens (including phenoxy) is 3. The summed E-state index contributed by atoms with van der Waals surface area (Å²) in [5, 5.41) is 12.6. The standard InChI is InChI=1S/C29H36N6O8S/c1-18-12-35(19(2)15-36)28(37)10-20-9-22(32-44(39,40)27-14-33(3)16-30-27)6-7-23(20)43-26(18)13-34(4)29(38)31-21-5-8-24-25(11-21)42-17-41-24/h5-9,11,14,16,18-19,26,32,36H,10,12-13,15,17H2,1-4H3,(H,31,38)/t18-,19+,26-/m1/s1. The maximum atomic E-state index is 13.5. The van der Waals surface area contributed by atoms with Crippen molar-refractivity contribution in [1.82, 2.24) is 19.4 Å². The summed E-state index contributed by atoms with van der Waals surface area (Å²) in [5.41, 5.74) is 1.23. The molecule has 3 atom stereocenters. The van der Waals surface area contributed by atoms with Gasteiger partial charge in [-0.15, -0.1) is 0 Å². The van der Waals surface area contributed by atoms with E-state index in [4.69, 9.17) is 14.2 Å². The van der Waals surface area contributed by atoms with Crippen LogP contribution in [-0.4, -0.2) is 90.5 Å². The van der Waals surface area contributed by atoms with Crippen molar-refractivity contribution in [3.63, 3.8) is 0 Å². The summed E-state index contributed by atoms with van der Waals surface area (Å²) in [6.45, 7) is 3.99. The number of sulfonamides is 1. The molecule has 0 bridgehead atoms. The molecule has 15 heteroatoms. The summed E-state index contributed by atoms with van der Waals surface area (Å²) in [7, 11) is -0.671. The van der Waals surface area contributed by atoms with E-state index in [2.05, 4.69) is 15.0 Å². The summed E-state index contributed by atoms with van der Waals surface area (Å²) in [4.78, 5) is 33.6. The van der Waals surface area contributed by atoms with Gasteiger partial charge in [-0.1, -0.05) is 6.92 Å². The molecule has 0 aliphatic carbocycles. The minimum absolute atomic E-state index is 0.0846. The number of fused-ring (bicyclic) bond motifs is 2. The molecule has 0 unspecified atom stereocenters. The number of aryl methyl sites for hydroxylation is 1. The van der Waals surface area contributed by atoms with Crippen LogP contribution in [0.4, 0.5) is 16.2 Å². The van der Waals surface area contributed by atoms with Gasteiger partial charge in [0.2, 0.25) is 12.7 Å². The van der Waals surface area contributed by atoms with E-state index < -0.39 is 22.2 Å². The highest BCUT2D eigenvalue weighted by Crippen LogP contribution is 2.34. The Bertz CT molecular complexity index is 1640. The average Bonchev–Trinajstić information content (AvgIpc) is 3.65. The van der Waals surface area contributed by atoms with Gasteiger partial charge >= 0.3 is 6.03 Å². The Hall–Kier alpha value is -4.50. The number of aromatic nitrogens is 2. The van der Waals surface area contributed by atoms with E-state index in [1.807, 2.05) is 6.92 Å². The van der Waals surface area contributed by atoms with Crippen LogP contribution in [0.25, 0.3) is 0 Å². The maximum absolute atomic E-state index is 13.5. The summed E-state index contributed by atoms with van der Waals surface area (Å²) >= 11 is 0. The van der Waals surface area contributed by atoms with Crippen LogP contribution >= 0.6 is 0 Å². The number of nitrogens with zero attached hydrogens (tertiary/aromatic N) is 4. The number of amides is 3. The number of hydrogen-bond acceptors (Lipinski definition) is 9.